The second kappa shape index (κ2) is 4.30. The molecule has 0 amide bonds. The summed E-state index contributed by atoms with van der Waals surface area (Å²) < 4.78 is 28.6. The van der Waals surface area contributed by atoms with E-state index in [9.17, 15) is 8.78 Å². The second-order valence-corrected chi connectivity index (χ2v) is 5.52. The lowest BCUT2D eigenvalue weighted by Crippen LogP contribution is -2.13. The Morgan fingerprint density at radius 2 is 2.10 bits per heavy atom. The maximum Gasteiger partial charge on any atom is 0.151 e. The van der Waals surface area contributed by atoms with Crippen LogP contribution >= 0.6 is 0 Å². The molecule has 2 aromatic rings. The lowest BCUT2D eigenvalue weighted by Gasteiger charge is -2.24. The van der Waals surface area contributed by atoms with Crippen molar-refractivity contribution in [2.24, 2.45) is 0 Å². The van der Waals surface area contributed by atoms with Gasteiger partial charge in [0.2, 0.25) is 0 Å². The van der Waals surface area contributed by atoms with Crippen molar-refractivity contribution in [3.8, 4) is 5.69 Å². The van der Waals surface area contributed by atoms with E-state index >= 15 is 0 Å². The van der Waals surface area contributed by atoms with Gasteiger partial charge in [0.15, 0.2) is 5.82 Å². The van der Waals surface area contributed by atoms with E-state index in [-0.39, 0.29) is 0 Å². The number of hydrogen-bond acceptors (Lipinski definition) is 2. The van der Waals surface area contributed by atoms with Gasteiger partial charge in [0.05, 0.1) is 5.69 Å². The zero-order valence-electron chi connectivity index (χ0n) is 11.0. The Morgan fingerprint density at radius 3 is 2.80 bits per heavy atom. The Balaban J connectivity index is 1.85. The van der Waals surface area contributed by atoms with Crippen LogP contribution in [0.5, 0.6) is 0 Å². The van der Waals surface area contributed by atoms with Crippen LogP contribution in [0.3, 0.4) is 0 Å². The summed E-state index contributed by atoms with van der Waals surface area (Å²) >= 11 is 0. The van der Waals surface area contributed by atoms with E-state index in [2.05, 4.69) is 10.4 Å². The van der Waals surface area contributed by atoms with E-state index in [1.165, 1.54) is 24.1 Å². The van der Waals surface area contributed by atoms with Crippen molar-refractivity contribution in [2.75, 3.05) is 11.9 Å². The number of nitrogens with zero attached hydrogens (tertiary/aromatic N) is 2. The number of benzene rings is 1. The monoisotopic (exact) mass is 275 g/mol. The van der Waals surface area contributed by atoms with E-state index in [4.69, 9.17) is 0 Å². The van der Waals surface area contributed by atoms with Crippen LogP contribution in [0.15, 0.2) is 18.2 Å². The first-order chi connectivity index (χ1) is 9.74. The average molecular weight is 275 g/mol. The van der Waals surface area contributed by atoms with Crippen LogP contribution in [0.2, 0.25) is 0 Å². The van der Waals surface area contributed by atoms with Gasteiger partial charge in [0.1, 0.15) is 17.3 Å². The SMILES string of the molecule is Fc1ccc(-n2nc(C3CCC3)c3c2NCC3)c(F)c1. The number of rotatable bonds is 2. The Kier molecular flexibility index (Phi) is 2.55. The summed E-state index contributed by atoms with van der Waals surface area (Å²) in [5.74, 6) is 0.234. The van der Waals surface area contributed by atoms with E-state index in [0.29, 0.717) is 11.6 Å². The first-order valence-corrected chi connectivity index (χ1v) is 7.05. The largest absolute Gasteiger partial charge is 0.369 e. The second-order valence-electron chi connectivity index (χ2n) is 5.52. The molecule has 0 saturated heterocycles. The van der Waals surface area contributed by atoms with Crippen molar-refractivity contribution in [1.29, 1.82) is 0 Å². The fourth-order valence-corrected chi connectivity index (χ4v) is 3.04. The summed E-state index contributed by atoms with van der Waals surface area (Å²) in [4.78, 5) is 0. The van der Waals surface area contributed by atoms with Gasteiger partial charge in [0.25, 0.3) is 0 Å². The average Bonchev–Trinajstić information content (AvgIpc) is 2.91. The molecule has 104 valence electrons. The molecule has 1 aliphatic carbocycles. The third-order valence-electron chi connectivity index (χ3n) is 4.31. The summed E-state index contributed by atoms with van der Waals surface area (Å²) in [7, 11) is 0. The fourth-order valence-electron chi connectivity index (χ4n) is 3.04. The van der Waals surface area contributed by atoms with Crippen molar-refractivity contribution >= 4 is 5.82 Å². The molecule has 4 rings (SSSR count). The summed E-state index contributed by atoms with van der Waals surface area (Å²) in [6.07, 6.45) is 4.50. The summed E-state index contributed by atoms with van der Waals surface area (Å²) in [5, 5.41) is 7.88. The van der Waals surface area contributed by atoms with Crippen LogP contribution in [0.1, 0.15) is 36.4 Å². The highest BCUT2D eigenvalue weighted by Crippen LogP contribution is 2.41. The number of fused-ring (bicyclic) bond motifs is 1. The molecule has 0 bridgehead atoms. The van der Waals surface area contributed by atoms with Crippen molar-refractivity contribution in [3.63, 3.8) is 0 Å². The minimum absolute atomic E-state index is 0.308. The Bertz CT molecular complexity index is 674. The third kappa shape index (κ3) is 1.65. The van der Waals surface area contributed by atoms with Crippen molar-refractivity contribution < 1.29 is 8.78 Å². The molecule has 3 nitrogen and oxygen atoms in total. The van der Waals surface area contributed by atoms with Crippen LogP contribution in [0, 0.1) is 11.6 Å². The lowest BCUT2D eigenvalue weighted by molar-refractivity contribution is 0.406. The number of aromatic nitrogens is 2. The minimum Gasteiger partial charge on any atom is -0.369 e. The van der Waals surface area contributed by atoms with E-state index in [0.717, 1.165) is 43.4 Å². The zero-order valence-corrected chi connectivity index (χ0v) is 11.0. The fraction of sp³-hybridized carbons (Fsp3) is 0.400. The molecule has 1 fully saturated rings. The molecule has 1 aromatic heterocycles. The molecule has 0 spiro atoms. The highest BCUT2D eigenvalue weighted by atomic mass is 19.1. The van der Waals surface area contributed by atoms with Crippen LogP contribution in [-0.2, 0) is 6.42 Å². The van der Waals surface area contributed by atoms with E-state index in [1.54, 1.807) is 4.68 Å². The number of anilines is 1. The number of nitrogens with one attached hydrogen (secondary N) is 1. The summed E-state index contributed by atoms with van der Waals surface area (Å²) in [5.41, 5.74) is 2.61. The van der Waals surface area contributed by atoms with Gasteiger partial charge in [-0.05, 0) is 31.4 Å². The molecule has 0 atom stereocenters. The Morgan fingerprint density at radius 1 is 1.25 bits per heavy atom. The maximum absolute atomic E-state index is 14.0. The van der Waals surface area contributed by atoms with Gasteiger partial charge in [-0.2, -0.15) is 5.10 Å². The van der Waals surface area contributed by atoms with Gasteiger partial charge in [-0.25, -0.2) is 13.5 Å². The van der Waals surface area contributed by atoms with Gasteiger partial charge in [0, 0.05) is 24.1 Å². The number of hydrogen-bond donors (Lipinski definition) is 1. The molecule has 1 aliphatic heterocycles. The molecule has 20 heavy (non-hydrogen) atoms. The van der Waals surface area contributed by atoms with E-state index in [1.807, 2.05) is 0 Å². The van der Waals surface area contributed by atoms with Gasteiger partial charge in [-0.3, -0.25) is 0 Å². The Hall–Kier alpha value is -1.91. The highest BCUT2D eigenvalue weighted by Gasteiger charge is 2.31. The normalized spacial score (nSPS) is 17.7. The smallest absolute Gasteiger partial charge is 0.151 e. The highest BCUT2D eigenvalue weighted by molar-refractivity contribution is 5.58. The molecule has 1 N–H and O–H groups in total. The van der Waals surface area contributed by atoms with Crippen LogP contribution in [0.4, 0.5) is 14.6 Å². The molecule has 5 heteroatoms. The van der Waals surface area contributed by atoms with Gasteiger partial charge in [-0.1, -0.05) is 6.42 Å². The lowest BCUT2D eigenvalue weighted by atomic mass is 9.81. The number of halogens is 2. The summed E-state index contributed by atoms with van der Waals surface area (Å²) in [6, 6.07) is 3.62. The van der Waals surface area contributed by atoms with Crippen LogP contribution in [-0.4, -0.2) is 16.3 Å². The summed E-state index contributed by atoms with van der Waals surface area (Å²) in [6.45, 7) is 0.857. The van der Waals surface area contributed by atoms with Gasteiger partial charge in [-0.15, -0.1) is 0 Å². The molecule has 1 saturated carbocycles. The zero-order chi connectivity index (χ0) is 13.7. The predicted octanol–water partition coefficient (Wildman–Crippen LogP) is 3.39. The first kappa shape index (κ1) is 11.9. The Labute approximate surface area is 115 Å². The van der Waals surface area contributed by atoms with Crippen molar-refractivity contribution in [1.82, 2.24) is 9.78 Å². The third-order valence-corrected chi connectivity index (χ3v) is 4.31. The topological polar surface area (TPSA) is 29.9 Å². The van der Waals surface area contributed by atoms with Crippen LogP contribution < -0.4 is 5.32 Å². The molecular weight excluding hydrogens is 260 g/mol. The molecule has 0 radical (unpaired) electrons. The van der Waals surface area contributed by atoms with Gasteiger partial charge < -0.3 is 5.32 Å². The minimum atomic E-state index is -0.579. The quantitative estimate of drug-likeness (QED) is 0.910. The standard InChI is InChI=1S/C15H15F2N3/c16-10-4-5-13(12(17)8-10)20-15-11(6-7-18-15)14(19-20)9-2-1-3-9/h4-5,8-9,18H,1-3,6-7H2. The maximum atomic E-state index is 14.0. The molecule has 2 aliphatic rings. The van der Waals surface area contributed by atoms with Crippen molar-refractivity contribution in [3.05, 3.63) is 41.1 Å². The molecule has 0 unspecified atom stereocenters. The van der Waals surface area contributed by atoms with E-state index < -0.39 is 11.6 Å². The van der Waals surface area contributed by atoms with Crippen LogP contribution in [0.25, 0.3) is 5.69 Å². The van der Waals surface area contributed by atoms with Crippen molar-refractivity contribution in [2.45, 2.75) is 31.6 Å². The predicted molar refractivity (Wildman–Crippen MR) is 72.3 cm³/mol. The molecular formula is C15H15F2N3. The molecule has 2 heterocycles. The molecule has 1 aromatic carbocycles. The first-order valence-electron chi connectivity index (χ1n) is 7.05. The van der Waals surface area contributed by atoms with Gasteiger partial charge >= 0.3 is 0 Å².